The highest BCUT2D eigenvalue weighted by Gasteiger charge is 2.39. The molecule has 6 nitrogen and oxygen atoms in total. The van der Waals surface area contributed by atoms with E-state index in [4.69, 9.17) is 0 Å². The Morgan fingerprint density at radius 1 is 1.29 bits per heavy atom. The van der Waals surface area contributed by atoms with Crippen molar-refractivity contribution in [2.75, 3.05) is 41.8 Å². The van der Waals surface area contributed by atoms with E-state index in [0.29, 0.717) is 5.75 Å². The minimum Gasteiger partial charge on any atom is -0.394 e. The molecule has 2 unspecified atom stereocenters. The van der Waals surface area contributed by atoms with Gasteiger partial charge >= 0.3 is 0 Å². The van der Waals surface area contributed by atoms with Crippen molar-refractivity contribution < 1.29 is 9.32 Å². The summed E-state index contributed by atoms with van der Waals surface area (Å²) in [7, 11) is -0.774. The van der Waals surface area contributed by atoms with Gasteiger partial charge in [0.25, 0.3) is 0 Å². The van der Waals surface area contributed by atoms with Crippen LogP contribution in [0.15, 0.2) is 12.4 Å². The average molecular weight is 353 g/mol. The molecule has 2 aliphatic rings. The Balaban J connectivity index is 1.82. The Morgan fingerprint density at radius 3 is 2.75 bits per heavy atom. The summed E-state index contributed by atoms with van der Waals surface area (Å²) in [6, 6.07) is 2.19. The highest BCUT2D eigenvalue weighted by molar-refractivity contribution is 7.86. The summed E-state index contributed by atoms with van der Waals surface area (Å²) < 4.78 is 12.4. The summed E-state index contributed by atoms with van der Waals surface area (Å²) in [6.45, 7) is 6.91. The summed E-state index contributed by atoms with van der Waals surface area (Å²) in [4.78, 5) is 13.3. The zero-order chi connectivity index (χ0) is 17.2. The van der Waals surface area contributed by atoms with Crippen LogP contribution in [0.1, 0.15) is 39.5 Å². The summed E-state index contributed by atoms with van der Waals surface area (Å²) in [5.41, 5.74) is 0. The molecule has 0 saturated carbocycles. The molecule has 2 atom stereocenters. The van der Waals surface area contributed by atoms with E-state index in [1.54, 1.807) is 6.33 Å². The number of aromatic nitrogens is 2. The minimum atomic E-state index is -0.774. The molecule has 2 saturated heterocycles. The molecule has 0 spiro atoms. The van der Waals surface area contributed by atoms with Crippen LogP contribution < -0.4 is 9.80 Å². The standard InChI is InChI=1S/C17H28N4O2S/c1-3-17(4-2)12-20(8-9-24(17)23)15-10-16(19-13-18-15)21-7-5-6-14(21)11-22/h10,13-14,22H,3-9,11-12H2,1-2H3. The van der Waals surface area contributed by atoms with Gasteiger partial charge in [0.15, 0.2) is 0 Å². The van der Waals surface area contributed by atoms with Gasteiger partial charge in [0.2, 0.25) is 0 Å². The van der Waals surface area contributed by atoms with E-state index in [1.165, 1.54) is 0 Å². The lowest BCUT2D eigenvalue weighted by molar-refractivity contribution is 0.266. The van der Waals surface area contributed by atoms with Crippen LogP contribution in [-0.2, 0) is 10.8 Å². The molecular formula is C17H28N4O2S. The first kappa shape index (κ1) is 17.6. The smallest absolute Gasteiger partial charge is 0.134 e. The molecule has 0 aromatic carbocycles. The molecule has 1 aromatic rings. The maximum absolute atomic E-state index is 12.5. The zero-order valence-corrected chi connectivity index (χ0v) is 15.5. The monoisotopic (exact) mass is 352 g/mol. The van der Waals surface area contributed by atoms with Crippen LogP contribution in [0.2, 0.25) is 0 Å². The second-order valence-electron chi connectivity index (χ2n) is 6.77. The molecule has 3 heterocycles. The van der Waals surface area contributed by atoms with Gasteiger partial charge in [-0.1, -0.05) is 13.8 Å². The molecule has 134 valence electrons. The van der Waals surface area contributed by atoms with Crippen LogP contribution in [0.5, 0.6) is 0 Å². The maximum atomic E-state index is 12.5. The molecule has 0 aliphatic carbocycles. The van der Waals surface area contributed by atoms with E-state index in [2.05, 4.69) is 33.6 Å². The quantitative estimate of drug-likeness (QED) is 0.867. The van der Waals surface area contributed by atoms with Gasteiger partial charge in [-0.2, -0.15) is 0 Å². The molecule has 0 bridgehead atoms. The number of aliphatic hydroxyl groups is 1. The number of anilines is 2. The third-order valence-electron chi connectivity index (χ3n) is 5.64. The first-order valence-electron chi connectivity index (χ1n) is 8.96. The second-order valence-corrected chi connectivity index (χ2v) is 8.73. The molecule has 3 rings (SSSR count). The predicted octanol–water partition coefficient (Wildman–Crippen LogP) is 1.57. The van der Waals surface area contributed by atoms with E-state index < -0.39 is 10.8 Å². The lowest BCUT2D eigenvalue weighted by Crippen LogP contribution is -2.53. The van der Waals surface area contributed by atoms with Crippen molar-refractivity contribution in [3.63, 3.8) is 0 Å². The first-order valence-corrected chi connectivity index (χ1v) is 10.3. The van der Waals surface area contributed by atoms with Crippen LogP contribution in [0, 0.1) is 0 Å². The molecule has 2 aliphatic heterocycles. The van der Waals surface area contributed by atoms with Crippen molar-refractivity contribution >= 4 is 22.4 Å². The van der Waals surface area contributed by atoms with Gasteiger partial charge in [-0.3, -0.25) is 4.21 Å². The molecule has 2 fully saturated rings. The number of aliphatic hydroxyl groups excluding tert-OH is 1. The van der Waals surface area contributed by atoms with Gasteiger partial charge in [0.1, 0.15) is 18.0 Å². The van der Waals surface area contributed by atoms with Gasteiger partial charge in [0.05, 0.1) is 17.4 Å². The van der Waals surface area contributed by atoms with Gasteiger partial charge in [-0.25, -0.2) is 9.97 Å². The van der Waals surface area contributed by atoms with E-state index in [9.17, 15) is 9.32 Å². The zero-order valence-electron chi connectivity index (χ0n) is 14.6. The van der Waals surface area contributed by atoms with Gasteiger partial charge in [-0.15, -0.1) is 0 Å². The lowest BCUT2D eigenvalue weighted by atomic mass is 10.0. The third kappa shape index (κ3) is 3.16. The number of rotatable bonds is 5. The minimum absolute atomic E-state index is 0.134. The molecule has 1 N–H and O–H groups in total. The molecule has 7 heteroatoms. The summed E-state index contributed by atoms with van der Waals surface area (Å²) in [5.74, 6) is 2.50. The van der Waals surface area contributed by atoms with Gasteiger partial charge < -0.3 is 14.9 Å². The Labute approximate surface area is 146 Å². The van der Waals surface area contributed by atoms with Crippen molar-refractivity contribution in [2.45, 2.75) is 50.3 Å². The molecule has 0 radical (unpaired) electrons. The average Bonchev–Trinajstić information content (AvgIpc) is 3.11. The number of hydrogen-bond donors (Lipinski definition) is 1. The second kappa shape index (κ2) is 7.35. The largest absolute Gasteiger partial charge is 0.394 e. The van der Waals surface area contributed by atoms with Crippen LogP contribution in [0.25, 0.3) is 0 Å². The van der Waals surface area contributed by atoms with Crippen LogP contribution >= 0.6 is 0 Å². The van der Waals surface area contributed by atoms with E-state index >= 15 is 0 Å². The SMILES string of the molecule is CCC1(CC)CN(c2cc(N3CCCC3CO)ncn2)CCS1=O. The molecule has 24 heavy (non-hydrogen) atoms. The normalized spacial score (nSPS) is 26.8. The Kier molecular flexibility index (Phi) is 5.39. The lowest BCUT2D eigenvalue weighted by Gasteiger charge is -2.41. The number of hydrogen-bond acceptors (Lipinski definition) is 6. The Morgan fingerprint density at radius 2 is 2.04 bits per heavy atom. The highest BCUT2D eigenvalue weighted by atomic mass is 32.2. The maximum Gasteiger partial charge on any atom is 0.134 e. The van der Waals surface area contributed by atoms with E-state index in [0.717, 1.165) is 57.0 Å². The summed E-state index contributed by atoms with van der Waals surface area (Å²) in [5, 5.41) is 9.55. The van der Waals surface area contributed by atoms with Crippen molar-refractivity contribution in [1.82, 2.24) is 9.97 Å². The van der Waals surface area contributed by atoms with Crippen molar-refractivity contribution in [3.05, 3.63) is 12.4 Å². The van der Waals surface area contributed by atoms with E-state index in [1.807, 2.05) is 6.07 Å². The molecular weight excluding hydrogens is 324 g/mol. The highest BCUT2D eigenvalue weighted by Crippen LogP contribution is 2.32. The van der Waals surface area contributed by atoms with Crippen molar-refractivity contribution in [1.29, 1.82) is 0 Å². The fourth-order valence-electron chi connectivity index (χ4n) is 3.89. The predicted molar refractivity (Wildman–Crippen MR) is 98.0 cm³/mol. The van der Waals surface area contributed by atoms with Crippen LogP contribution in [-0.4, -0.2) is 62.1 Å². The fourth-order valence-corrected chi connectivity index (χ4v) is 5.66. The number of nitrogens with zero attached hydrogens (tertiary/aromatic N) is 4. The third-order valence-corrected chi connectivity index (χ3v) is 7.87. The van der Waals surface area contributed by atoms with Gasteiger partial charge in [0, 0.05) is 42.3 Å². The van der Waals surface area contributed by atoms with Crippen molar-refractivity contribution in [3.8, 4) is 0 Å². The molecule has 1 aromatic heterocycles. The van der Waals surface area contributed by atoms with Crippen molar-refractivity contribution in [2.24, 2.45) is 0 Å². The topological polar surface area (TPSA) is 69.6 Å². The van der Waals surface area contributed by atoms with E-state index in [-0.39, 0.29) is 17.4 Å². The summed E-state index contributed by atoms with van der Waals surface area (Å²) >= 11 is 0. The first-order chi connectivity index (χ1) is 11.6. The van der Waals surface area contributed by atoms with Crippen LogP contribution in [0.4, 0.5) is 11.6 Å². The van der Waals surface area contributed by atoms with Crippen LogP contribution in [0.3, 0.4) is 0 Å². The Bertz CT molecular complexity index is 594. The Hall–Kier alpha value is -1.21. The molecule has 0 amide bonds. The fraction of sp³-hybridized carbons (Fsp3) is 0.765. The summed E-state index contributed by atoms with van der Waals surface area (Å²) in [6.07, 6.45) is 5.55. The van der Waals surface area contributed by atoms with Gasteiger partial charge in [-0.05, 0) is 25.7 Å².